The average Bonchev–Trinajstić information content (AvgIpc) is 2.97. The van der Waals surface area contributed by atoms with Crippen LogP contribution in [0.1, 0.15) is 24.1 Å². The zero-order chi connectivity index (χ0) is 13.7. The number of esters is 1. The number of hydrogen-bond donors (Lipinski definition) is 0. The Bertz CT molecular complexity index is 467. The smallest absolute Gasteiger partial charge is 0.328 e. The number of amides is 1. The molecule has 1 atom stereocenters. The van der Waals surface area contributed by atoms with E-state index in [1.165, 1.54) is 13.2 Å². The number of rotatable bonds is 3. The summed E-state index contributed by atoms with van der Waals surface area (Å²) in [6, 6.07) is 3.45. The van der Waals surface area contributed by atoms with Crippen LogP contribution < -0.4 is 0 Å². The first-order valence-corrected chi connectivity index (χ1v) is 7.20. The van der Waals surface area contributed by atoms with Gasteiger partial charge in [0.2, 0.25) is 5.91 Å². The Morgan fingerprint density at radius 2 is 2.32 bits per heavy atom. The molecule has 1 amide bonds. The van der Waals surface area contributed by atoms with Gasteiger partial charge < -0.3 is 9.64 Å². The molecule has 0 bridgehead atoms. The van der Waals surface area contributed by atoms with Crippen molar-refractivity contribution in [2.24, 2.45) is 0 Å². The highest BCUT2D eigenvalue weighted by molar-refractivity contribution is 7.10. The van der Waals surface area contributed by atoms with Gasteiger partial charge in [0.05, 0.1) is 7.11 Å². The van der Waals surface area contributed by atoms with E-state index in [0.717, 1.165) is 17.7 Å². The molecule has 0 spiro atoms. The molecule has 1 aromatic rings. The topological polar surface area (TPSA) is 46.6 Å². The minimum Gasteiger partial charge on any atom is -0.467 e. The predicted octanol–water partition coefficient (Wildman–Crippen LogP) is 2.32. The first kappa shape index (κ1) is 13.8. The van der Waals surface area contributed by atoms with Crippen LogP contribution in [-0.2, 0) is 14.3 Å². The second kappa shape index (κ2) is 6.52. The van der Waals surface area contributed by atoms with Gasteiger partial charge in [0.15, 0.2) is 0 Å². The molecule has 2 rings (SSSR count). The van der Waals surface area contributed by atoms with Gasteiger partial charge in [0.1, 0.15) is 6.04 Å². The first-order valence-electron chi connectivity index (χ1n) is 6.32. The van der Waals surface area contributed by atoms with Gasteiger partial charge >= 0.3 is 5.97 Å². The van der Waals surface area contributed by atoms with Gasteiger partial charge in [0, 0.05) is 17.5 Å². The number of carbonyl (C=O) groups excluding carboxylic acids is 2. The van der Waals surface area contributed by atoms with Crippen LogP contribution in [0, 0.1) is 0 Å². The number of thiophene rings is 1. The molecule has 0 N–H and O–H groups in total. The third-order valence-electron chi connectivity index (χ3n) is 3.19. The molecule has 1 aliphatic heterocycles. The van der Waals surface area contributed by atoms with E-state index in [-0.39, 0.29) is 11.9 Å². The maximum atomic E-state index is 12.2. The summed E-state index contributed by atoms with van der Waals surface area (Å²) in [7, 11) is 1.36. The number of likely N-dealkylation sites (tertiary alicyclic amines) is 1. The summed E-state index contributed by atoms with van der Waals surface area (Å²) in [4.78, 5) is 26.5. The van der Waals surface area contributed by atoms with Gasteiger partial charge in [-0.2, -0.15) is 0 Å². The van der Waals surface area contributed by atoms with Crippen molar-refractivity contribution in [3.8, 4) is 0 Å². The number of ether oxygens (including phenoxy) is 1. The zero-order valence-electron chi connectivity index (χ0n) is 10.9. The summed E-state index contributed by atoms with van der Waals surface area (Å²) < 4.78 is 4.77. The van der Waals surface area contributed by atoms with Crippen LogP contribution in [0.4, 0.5) is 0 Å². The fourth-order valence-electron chi connectivity index (χ4n) is 2.21. The van der Waals surface area contributed by atoms with Crippen LogP contribution in [0.25, 0.3) is 6.08 Å². The summed E-state index contributed by atoms with van der Waals surface area (Å²) in [5, 5.41) is 1.96. The molecule has 4 nitrogen and oxygen atoms in total. The predicted molar refractivity (Wildman–Crippen MR) is 74.7 cm³/mol. The quantitative estimate of drug-likeness (QED) is 0.630. The standard InChI is InChI=1S/C14H17NO3S/c1-18-14(17)12-6-2-3-9-15(12)13(16)8-7-11-5-4-10-19-11/h4-5,7-8,10,12H,2-3,6,9H2,1H3/b8-7+/t12-/m1/s1. The van der Waals surface area contributed by atoms with Crippen molar-refractivity contribution >= 4 is 29.3 Å². The molecule has 102 valence electrons. The molecule has 2 heterocycles. The van der Waals surface area contributed by atoms with E-state index in [4.69, 9.17) is 4.74 Å². The summed E-state index contributed by atoms with van der Waals surface area (Å²) in [6.45, 7) is 0.618. The third kappa shape index (κ3) is 3.44. The monoisotopic (exact) mass is 279 g/mol. The van der Waals surface area contributed by atoms with Crippen LogP contribution >= 0.6 is 11.3 Å². The summed E-state index contributed by atoms with van der Waals surface area (Å²) in [6.07, 6.45) is 5.90. The van der Waals surface area contributed by atoms with E-state index in [0.29, 0.717) is 13.0 Å². The minimum atomic E-state index is -0.431. The molecule has 19 heavy (non-hydrogen) atoms. The van der Waals surface area contributed by atoms with Crippen molar-refractivity contribution in [3.05, 3.63) is 28.5 Å². The fourth-order valence-corrected chi connectivity index (χ4v) is 2.83. The maximum Gasteiger partial charge on any atom is 0.328 e. The Kier molecular flexibility index (Phi) is 4.74. The molecule has 1 aromatic heterocycles. The number of piperidine rings is 1. The average molecular weight is 279 g/mol. The van der Waals surface area contributed by atoms with Gasteiger partial charge in [-0.1, -0.05) is 6.07 Å². The van der Waals surface area contributed by atoms with Crippen LogP contribution in [0.3, 0.4) is 0 Å². The normalized spacial score (nSPS) is 19.6. The summed E-state index contributed by atoms with van der Waals surface area (Å²) in [5.74, 6) is -0.443. The summed E-state index contributed by atoms with van der Waals surface area (Å²) >= 11 is 1.57. The van der Waals surface area contributed by atoms with Gasteiger partial charge in [-0.3, -0.25) is 4.79 Å². The number of methoxy groups -OCH3 is 1. The Morgan fingerprint density at radius 1 is 1.47 bits per heavy atom. The molecule has 0 aromatic carbocycles. The van der Waals surface area contributed by atoms with Crippen molar-refractivity contribution in [1.29, 1.82) is 0 Å². The molecular weight excluding hydrogens is 262 g/mol. The van der Waals surface area contributed by atoms with Gasteiger partial charge in [0.25, 0.3) is 0 Å². The van der Waals surface area contributed by atoms with Crippen molar-refractivity contribution in [2.75, 3.05) is 13.7 Å². The van der Waals surface area contributed by atoms with E-state index in [1.54, 1.807) is 22.3 Å². The van der Waals surface area contributed by atoms with E-state index in [9.17, 15) is 9.59 Å². The Labute approximate surface area is 116 Å². The molecule has 0 unspecified atom stereocenters. The third-order valence-corrected chi connectivity index (χ3v) is 4.03. The second-order valence-electron chi connectivity index (χ2n) is 4.42. The molecule has 5 heteroatoms. The van der Waals surface area contributed by atoms with Gasteiger partial charge in [-0.25, -0.2) is 4.79 Å². The van der Waals surface area contributed by atoms with Crippen LogP contribution in [0.2, 0.25) is 0 Å². The molecule has 0 aliphatic carbocycles. The number of hydrogen-bond acceptors (Lipinski definition) is 4. The Morgan fingerprint density at radius 3 is 3.00 bits per heavy atom. The zero-order valence-corrected chi connectivity index (χ0v) is 11.7. The van der Waals surface area contributed by atoms with Crippen molar-refractivity contribution in [3.63, 3.8) is 0 Å². The molecular formula is C14H17NO3S. The number of nitrogens with zero attached hydrogens (tertiary/aromatic N) is 1. The highest BCUT2D eigenvalue weighted by atomic mass is 32.1. The molecule has 1 saturated heterocycles. The molecule has 0 radical (unpaired) electrons. The number of carbonyl (C=O) groups is 2. The Hall–Kier alpha value is -1.62. The van der Waals surface area contributed by atoms with Crippen LogP contribution in [0.5, 0.6) is 0 Å². The SMILES string of the molecule is COC(=O)[C@H]1CCCCN1C(=O)/C=C/c1cccs1. The van der Waals surface area contributed by atoms with Crippen LogP contribution in [-0.4, -0.2) is 36.5 Å². The van der Waals surface area contributed by atoms with E-state index < -0.39 is 6.04 Å². The highest BCUT2D eigenvalue weighted by Crippen LogP contribution is 2.19. The second-order valence-corrected chi connectivity index (χ2v) is 5.39. The Balaban J connectivity index is 2.05. The largest absolute Gasteiger partial charge is 0.467 e. The lowest BCUT2D eigenvalue weighted by atomic mass is 10.0. The van der Waals surface area contributed by atoms with E-state index >= 15 is 0 Å². The van der Waals surface area contributed by atoms with E-state index in [2.05, 4.69) is 0 Å². The molecule has 1 fully saturated rings. The van der Waals surface area contributed by atoms with Crippen LogP contribution in [0.15, 0.2) is 23.6 Å². The van der Waals surface area contributed by atoms with Gasteiger partial charge in [-0.15, -0.1) is 11.3 Å². The fraction of sp³-hybridized carbons (Fsp3) is 0.429. The molecule has 0 saturated carbocycles. The van der Waals surface area contributed by atoms with Crippen molar-refractivity contribution in [1.82, 2.24) is 4.90 Å². The van der Waals surface area contributed by atoms with E-state index in [1.807, 2.05) is 17.5 Å². The highest BCUT2D eigenvalue weighted by Gasteiger charge is 2.31. The van der Waals surface area contributed by atoms with Crippen molar-refractivity contribution < 1.29 is 14.3 Å². The van der Waals surface area contributed by atoms with Gasteiger partial charge in [-0.05, 0) is 36.8 Å². The first-order chi connectivity index (χ1) is 9.22. The minimum absolute atomic E-state index is 0.122. The maximum absolute atomic E-state index is 12.2. The lowest BCUT2D eigenvalue weighted by Crippen LogP contribution is -2.47. The molecule has 1 aliphatic rings. The lowest BCUT2D eigenvalue weighted by Gasteiger charge is -2.32. The lowest BCUT2D eigenvalue weighted by molar-refractivity contribution is -0.153. The van der Waals surface area contributed by atoms with Crippen molar-refractivity contribution in [2.45, 2.75) is 25.3 Å². The summed E-state index contributed by atoms with van der Waals surface area (Å²) in [5.41, 5.74) is 0.